The molecular formula is C17H16F3N5O2. The lowest BCUT2D eigenvalue weighted by Gasteiger charge is -2.36. The Labute approximate surface area is 152 Å². The second kappa shape index (κ2) is 6.69. The van der Waals surface area contributed by atoms with E-state index in [4.69, 9.17) is 0 Å². The number of nitrogens with one attached hydrogen (secondary N) is 2. The first-order valence-corrected chi connectivity index (χ1v) is 8.36. The molecule has 4 rings (SSSR count). The number of fused-ring (bicyclic) bond motifs is 1. The number of amidine groups is 1. The van der Waals surface area contributed by atoms with E-state index in [9.17, 15) is 18.0 Å². The molecule has 7 nitrogen and oxygen atoms in total. The fourth-order valence-electron chi connectivity index (χ4n) is 3.13. The molecule has 1 aromatic rings. The zero-order chi connectivity index (χ0) is 19.0. The van der Waals surface area contributed by atoms with Crippen molar-refractivity contribution in [3.63, 3.8) is 0 Å². The van der Waals surface area contributed by atoms with Gasteiger partial charge in [0.05, 0.1) is 18.3 Å². The number of rotatable bonds is 3. The molecule has 0 bridgehead atoms. The molecule has 0 radical (unpaired) electrons. The van der Waals surface area contributed by atoms with Crippen molar-refractivity contribution < 1.29 is 22.8 Å². The minimum Gasteiger partial charge on any atom is -0.383 e. The number of alkyl halides is 3. The molecule has 0 spiro atoms. The van der Waals surface area contributed by atoms with Crippen LogP contribution < -0.4 is 10.8 Å². The molecule has 3 aliphatic rings. The van der Waals surface area contributed by atoms with Crippen LogP contribution in [0, 0.1) is 0 Å². The highest BCUT2D eigenvalue weighted by atomic mass is 19.4. The fourth-order valence-corrected chi connectivity index (χ4v) is 3.13. The van der Waals surface area contributed by atoms with Crippen LogP contribution in [0.2, 0.25) is 0 Å². The van der Waals surface area contributed by atoms with Gasteiger partial charge in [-0.05, 0) is 36.9 Å². The number of hydrogen-bond acceptors (Lipinski definition) is 6. The number of dihydropyridines is 1. The normalized spacial score (nSPS) is 24.7. The van der Waals surface area contributed by atoms with E-state index in [0.717, 1.165) is 12.1 Å². The van der Waals surface area contributed by atoms with Crippen molar-refractivity contribution in [1.82, 2.24) is 20.7 Å². The largest absolute Gasteiger partial charge is 0.437 e. The van der Waals surface area contributed by atoms with Gasteiger partial charge in [-0.1, -0.05) is 0 Å². The molecule has 27 heavy (non-hydrogen) atoms. The van der Waals surface area contributed by atoms with Crippen LogP contribution in [0.15, 0.2) is 47.4 Å². The molecule has 142 valence electrons. The van der Waals surface area contributed by atoms with E-state index in [1.807, 2.05) is 18.4 Å². The van der Waals surface area contributed by atoms with Crippen LogP contribution in [0.5, 0.6) is 0 Å². The van der Waals surface area contributed by atoms with Crippen molar-refractivity contribution in [2.45, 2.75) is 37.8 Å². The number of carbonyl (C=O) groups is 1. The smallest absolute Gasteiger partial charge is 0.383 e. The van der Waals surface area contributed by atoms with Crippen molar-refractivity contribution in [1.29, 1.82) is 0 Å². The fraction of sp³-hybridized carbons (Fsp3) is 0.353. The van der Waals surface area contributed by atoms with E-state index < -0.39 is 12.4 Å². The van der Waals surface area contributed by atoms with Gasteiger partial charge < -0.3 is 10.2 Å². The minimum atomic E-state index is -4.58. The molecule has 1 amide bonds. The van der Waals surface area contributed by atoms with E-state index in [-0.39, 0.29) is 17.8 Å². The number of carbonyl (C=O) groups excluding carboxylic acids is 1. The molecule has 10 heteroatoms. The molecule has 1 aromatic heterocycles. The van der Waals surface area contributed by atoms with Crippen LogP contribution in [-0.2, 0) is 16.2 Å². The van der Waals surface area contributed by atoms with Crippen LogP contribution in [-0.4, -0.2) is 40.1 Å². The minimum absolute atomic E-state index is 0.0173. The van der Waals surface area contributed by atoms with E-state index in [1.165, 1.54) is 6.20 Å². The van der Waals surface area contributed by atoms with Gasteiger partial charge in [-0.2, -0.15) is 13.2 Å². The van der Waals surface area contributed by atoms with Crippen molar-refractivity contribution in [3.05, 3.63) is 53.6 Å². The number of aromatic nitrogens is 1. The Bertz CT molecular complexity index is 832. The lowest BCUT2D eigenvalue weighted by molar-refractivity contribution is -0.220. The summed E-state index contributed by atoms with van der Waals surface area (Å²) >= 11 is 0. The summed E-state index contributed by atoms with van der Waals surface area (Å²) in [6.45, 7) is 0.290. The first-order chi connectivity index (χ1) is 12.9. The van der Waals surface area contributed by atoms with Gasteiger partial charge >= 0.3 is 6.18 Å². The summed E-state index contributed by atoms with van der Waals surface area (Å²) in [5.74, 6) is -0.0152. The average Bonchev–Trinajstić information content (AvgIpc) is 3.15. The van der Waals surface area contributed by atoms with Gasteiger partial charge in [0.1, 0.15) is 0 Å². The van der Waals surface area contributed by atoms with Crippen molar-refractivity contribution in [2.24, 2.45) is 4.99 Å². The second-order valence-corrected chi connectivity index (χ2v) is 6.32. The molecule has 0 saturated carbocycles. The van der Waals surface area contributed by atoms with Crippen molar-refractivity contribution in [2.75, 3.05) is 0 Å². The summed E-state index contributed by atoms with van der Waals surface area (Å²) in [4.78, 5) is 26.2. The molecular weight excluding hydrogens is 363 g/mol. The number of hydrogen-bond donors (Lipinski definition) is 2. The topological polar surface area (TPSA) is 78.9 Å². The zero-order valence-corrected chi connectivity index (χ0v) is 14.0. The monoisotopic (exact) mass is 379 g/mol. The highest BCUT2D eigenvalue weighted by molar-refractivity contribution is 5.98. The number of hydroxylamine groups is 1. The van der Waals surface area contributed by atoms with Crippen molar-refractivity contribution >= 4 is 11.7 Å². The number of allylic oxidation sites excluding steroid dienone is 2. The standard InChI is InChI=1S/C17H16F3N5O2/c18-17(19,20)16-23-15(24-27-16)10-3-4-11(22-8-10)9-25-13-2-1-7-21-12(13)5-6-14(25)26/h1-4,7-8,12,16,21H,5-6,9H2,(H,23,24). The predicted octanol–water partition coefficient (Wildman–Crippen LogP) is 1.74. The Morgan fingerprint density at radius 1 is 1.33 bits per heavy atom. The third-order valence-corrected chi connectivity index (χ3v) is 4.49. The number of amides is 1. The Hall–Kier alpha value is -2.88. The predicted molar refractivity (Wildman–Crippen MR) is 88.8 cm³/mol. The van der Waals surface area contributed by atoms with Gasteiger partial charge in [-0.3, -0.25) is 9.78 Å². The maximum atomic E-state index is 12.6. The van der Waals surface area contributed by atoms with E-state index in [0.29, 0.717) is 24.2 Å². The molecule has 2 N–H and O–H groups in total. The maximum Gasteiger partial charge on any atom is 0.437 e. The number of aliphatic imine (C=N–C) groups is 1. The number of pyridine rings is 1. The lowest BCUT2D eigenvalue weighted by Crippen LogP contribution is -2.45. The molecule has 4 heterocycles. The third kappa shape index (κ3) is 3.52. The Kier molecular flexibility index (Phi) is 4.34. The van der Waals surface area contributed by atoms with Gasteiger partial charge in [0.25, 0.3) is 6.23 Å². The number of likely N-dealkylation sites (tertiary alicyclic amines) is 1. The SMILES string of the molecule is O=C1CCC2NC=CC=C2N1Cc1ccc(C2=NC(C(F)(F)F)ON2)cn1. The first kappa shape index (κ1) is 17.5. The Morgan fingerprint density at radius 2 is 2.19 bits per heavy atom. The summed E-state index contributed by atoms with van der Waals surface area (Å²) in [5, 5.41) is 3.23. The highest BCUT2D eigenvalue weighted by Gasteiger charge is 2.44. The highest BCUT2D eigenvalue weighted by Crippen LogP contribution is 2.27. The maximum absolute atomic E-state index is 12.6. The molecule has 1 fully saturated rings. The molecule has 0 aliphatic carbocycles. The lowest BCUT2D eigenvalue weighted by atomic mass is 9.98. The molecule has 3 aliphatic heterocycles. The van der Waals surface area contributed by atoms with Gasteiger partial charge in [-0.25, -0.2) is 15.3 Å². The number of halogens is 3. The third-order valence-electron chi connectivity index (χ3n) is 4.49. The van der Waals surface area contributed by atoms with E-state index in [2.05, 4.69) is 25.6 Å². The Morgan fingerprint density at radius 3 is 2.89 bits per heavy atom. The Balaban J connectivity index is 1.49. The summed E-state index contributed by atoms with van der Waals surface area (Å²) in [5.41, 5.74) is 4.06. The average molecular weight is 379 g/mol. The molecule has 2 atom stereocenters. The summed E-state index contributed by atoms with van der Waals surface area (Å²) in [6.07, 6.45) is 1.37. The van der Waals surface area contributed by atoms with Crippen LogP contribution in [0.25, 0.3) is 0 Å². The summed E-state index contributed by atoms with van der Waals surface area (Å²) < 4.78 is 37.8. The van der Waals surface area contributed by atoms with Gasteiger partial charge in [0, 0.05) is 23.9 Å². The van der Waals surface area contributed by atoms with Gasteiger partial charge in [-0.15, -0.1) is 0 Å². The second-order valence-electron chi connectivity index (χ2n) is 6.32. The van der Waals surface area contributed by atoms with Crippen LogP contribution in [0.1, 0.15) is 24.1 Å². The van der Waals surface area contributed by atoms with Crippen molar-refractivity contribution in [3.8, 4) is 0 Å². The van der Waals surface area contributed by atoms with E-state index >= 15 is 0 Å². The zero-order valence-electron chi connectivity index (χ0n) is 14.0. The quantitative estimate of drug-likeness (QED) is 0.837. The van der Waals surface area contributed by atoms with Gasteiger partial charge in [0.2, 0.25) is 5.91 Å². The van der Waals surface area contributed by atoms with Gasteiger partial charge in [0.15, 0.2) is 5.84 Å². The van der Waals surface area contributed by atoms with Crippen LogP contribution in [0.4, 0.5) is 13.2 Å². The van der Waals surface area contributed by atoms with Crippen LogP contribution >= 0.6 is 0 Å². The van der Waals surface area contributed by atoms with E-state index in [1.54, 1.807) is 17.0 Å². The molecule has 0 aromatic carbocycles. The summed E-state index contributed by atoms with van der Waals surface area (Å²) in [7, 11) is 0. The van der Waals surface area contributed by atoms with Crippen LogP contribution in [0.3, 0.4) is 0 Å². The molecule has 1 saturated heterocycles. The number of nitrogens with zero attached hydrogens (tertiary/aromatic N) is 3. The molecule has 2 unspecified atom stereocenters. The number of piperidine rings is 1. The first-order valence-electron chi connectivity index (χ1n) is 8.36. The summed E-state index contributed by atoms with van der Waals surface area (Å²) in [6, 6.07) is 3.35.